The zero-order valence-electron chi connectivity index (χ0n) is 12.9. The lowest BCUT2D eigenvalue weighted by atomic mass is 9.97. The van der Waals surface area contributed by atoms with E-state index in [2.05, 4.69) is 49.3 Å². The van der Waals surface area contributed by atoms with E-state index in [0.717, 1.165) is 24.7 Å². The molecule has 2 fully saturated rings. The Bertz CT molecular complexity index is 448. The van der Waals surface area contributed by atoms with Crippen molar-refractivity contribution in [2.45, 2.75) is 64.2 Å². The van der Waals surface area contributed by atoms with Crippen LogP contribution in [-0.4, -0.2) is 30.1 Å². The van der Waals surface area contributed by atoms with E-state index in [1.165, 1.54) is 42.4 Å². The van der Waals surface area contributed by atoms with Gasteiger partial charge in [-0.1, -0.05) is 23.8 Å². The highest BCUT2D eigenvalue weighted by Crippen LogP contribution is 2.30. The SMILES string of the molecule is Cc1ccc(C)c(CN(C)C2CC3CCC(C2)N3)c1.Cl. The third-order valence-electron chi connectivity index (χ3n) is 5.00. The number of benzene rings is 1. The fraction of sp³-hybridized carbons (Fsp3) is 0.647. The summed E-state index contributed by atoms with van der Waals surface area (Å²) in [4.78, 5) is 2.58. The molecule has 112 valence electrons. The molecule has 2 nitrogen and oxygen atoms in total. The summed E-state index contributed by atoms with van der Waals surface area (Å²) in [7, 11) is 2.30. The van der Waals surface area contributed by atoms with Crippen molar-refractivity contribution in [2.24, 2.45) is 0 Å². The molecule has 1 aromatic carbocycles. The minimum Gasteiger partial charge on any atom is -0.311 e. The summed E-state index contributed by atoms with van der Waals surface area (Å²) in [5.41, 5.74) is 4.29. The minimum atomic E-state index is 0. The van der Waals surface area contributed by atoms with Gasteiger partial charge in [-0.3, -0.25) is 4.90 Å². The predicted molar refractivity (Wildman–Crippen MR) is 87.6 cm³/mol. The van der Waals surface area contributed by atoms with E-state index in [4.69, 9.17) is 0 Å². The van der Waals surface area contributed by atoms with Gasteiger partial charge in [0.2, 0.25) is 0 Å². The fourth-order valence-corrected chi connectivity index (χ4v) is 3.76. The number of fused-ring (bicyclic) bond motifs is 2. The van der Waals surface area contributed by atoms with E-state index in [9.17, 15) is 0 Å². The summed E-state index contributed by atoms with van der Waals surface area (Å²) in [5.74, 6) is 0. The van der Waals surface area contributed by atoms with Crippen molar-refractivity contribution in [1.82, 2.24) is 10.2 Å². The second-order valence-corrected chi connectivity index (χ2v) is 6.61. The maximum Gasteiger partial charge on any atom is 0.0236 e. The highest BCUT2D eigenvalue weighted by Gasteiger charge is 2.34. The van der Waals surface area contributed by atoms with E-state index in [1.807, 2.05) is 0 Å². The van der Waals surface area contributed by atoms with Crippen molar-refractivity contribution in [3.63, 3.8) is 0 Å². The van der Waals surface area contributed by atoms with Crippen LogP contribution < -0.4 is 5.32 Å². The van der Waals surface area contributed by atoms with Gasteiger partial charge in [0.15, 0.2) is 0 Å². The zero-order valence-corrected chi connectivity index (χ0v) is 13.7. The van der Waals surface area contributed by atoms with Crippen LogP contribution in [0.2, 0.25) is 0 Å². The number of nitrogens with one attached hydrogen (secondary N) is 1. The van der Waals surface area contributed by atoms with Crippen molar-refractivity contribution in [1.29, 1.82) is 0 Å². The number of aryl methyl sites for hydroxylation is 2. The van der Waals surface area contributed by atoms with E-state index in [0.29, 0.717) is 0 Å². The highest BCUT2D eigenvalue weighted by atomic mass is 35.5. The minimum absolute atomic E-state index is 0. The molecule has 3 heteroatoms. The Kier molecular flexibility index (Phi) is 5.11. The Morgan fingerprint density at radius 2 is 1.80 bits per heavy atom. The van der Waals surface area contributed by atoms with Crippen LogP contribution in [0.25, 0.3) is 0 Å². The smallest absolute Gasteiger partial charge is 0.0236 e. The highest BCUT2D eigenvalue weighted by molar-refractivity contribution is 5.85. The molecule has 0 aliphatic carbocycles. The lowest BCUT2D eigenvalue weighted by Crippen LogP contribution is -2.46. The summed E-state index contributed by atoms with van der Waals surface area (Å²) in [6.07, 6.45) is 5.44. The quantitative estimate of drug-likeness (QED) is 0.919. The van der Waals surface area contributed by atoms with E-state index in [1.54, 1.807) is 0 Å². The van der Waals surface area contributed by atoms with Crippen molar-refractivity contribution < 1.29 is 0 Å². The van der Waals surface area contributed by atoms with Crippen LogP contribution in [0, 0.1) is 13.8 Å². The summed E-state index contributed by atoms with van der Waals surface area (Å²) < 4.78 is 0. The molecular weight excluding hydrogens is 268 g/mol. The van der Waals surface area contributed by atoms with Gasteiger partial charge in [-0.15, -0.1) is 12.4 Å². The van der Waals surface area contributed by atoms with E-state index >= 15 is 0 Å². The summed E-state index contributed by atoms with van der Waals surface area (Å²) >= 11 is 0. The van der Waals surface area contributed by atoms with E-state index in [-0.39, 0.29) is 12.4 Å². The molecule has 2 saturated heterocycles. The molecule has 0 radical (unpaired) electrons. The molecule has 2 aliphatic heterocycles. The topological polar surface area (TPSA) is 15.3 Å². The molecule has 1 aromatic rings. The van der Waals surface area contributed by atoms with Crippen molar-refractivity contribution in [2.75, 3.05) is 7.05 Å². The molecule has 1 N–H and O–H groups in total. The lowest BCUT2D eigenvalue weighted by molar-refractivity contribution is 0.165. The molecular formula is C17H27ClN2. The van der Waals surface area contributed by atoms with Crippen LogP contribution in [0.4, 0.5) is 0 Å². The van der Waals surface area contributed by atoms with Gasteiger partial charge in [-0.25, -0.2) is 0 Å². The van der Waals surface area contributed by atoms with Crippen LogP contribution in [0.1, 0.15) is 42.4 Å². The third-order valence-corrected chi connectivity index (χ3v) is 5.00. The van der Waals surface area contributed by atoms with Gasteiger partial charge in [-0.2, -0.15) is 0 Å². The molecule has 2 unspecified atom stereocenters. The van der Waals surface area contributed by atoms with E-state index < -0.39 is 0 Å². The fourth-order valence-electron chi connectivity index (χ4n) is 3.76. The zero-order chi connectivity index (χ0) is 13.4. The maximum atomic E-state index is 3.73. The number of hydrogen-bond acceptors (Lipinski definition) is 2. The number of piperidine rings is 1. The van der Waals surface area contributed by atoms with Crippen LogP contribution in [-0.2, 0) is 6.54 Å². The van der Waals surface area contributed by atoms with Crippen molar-refractivity contribution in [3.8, 4) is 0 Å². The Morgan fingerprint density at radius 3 is 2.45 bits per heavy atom. The van der Waals surface area contributed by atoms with Crippen molar-refractivity contribution in [3.05, 3.63) is 34.9 Å². The first-order valence-corrected chi connectivity index (χ1v) is 7.64. The Balaban J connectivity index is 0.00000147. The molecule has 0 spiro atoms. The number of nitrogens with zero attached hydrogens (tertiary/aromatic N) is 1. The molecule has 0 aromatic heterocycles. The summed E-state index contributed by atoms with van der Waals surface area (Å²) in [6.45, 7) is 5.51. The molecule has 0 amide bonds. The van der Waals surface area contributed by atoms with Gasteiger partial charge in [0, 0.05) is 24.7 Å². The van der Waals surface area contributed by atoms with Gasteiger partial charge < -0.3 is 5.32 Å². The second-order valence-electron chi connectivity index (χ2n) is 6.61. The number of rotatable bonds is 3. The first-order valence-electron chi connectivity index (χ1n) is 7.64. The van der Waals surface area contributed by atoms with Gasteiger partial charge >= 0.3 is 0 Å². The molecule has 0 saturated carbocycles. The number of hydrogen-bond donors (Lipinski definition) is 1. The second kappa shape index (κ2) is 6.46. The normalized spacial score (nSPS) is 28.5. The van der Waals surface area contributed by atoms with Gasteiger partial charge in [0.1, 0.15) is 0 Å². The molecule has 2 bridgehead atoms. The molecule has 3 rings (SSSR count). The average molecular weight is 295 g/mol. The molecule has 2 atom stereocenters. The standard InChI is InChI=1S/C17H26N2.ClH/c1-12-4-5-13(2)14(8-12)11-19(3)17-9-15-6-7-16(10-17)18-15;/h4-5,8,15-18H,6-7,9-11H2,1-3H3;1H. The Hall–Kier alpha value is -0.570. The predicted octanol–water partition coefficient (Wildman–Crippen LogP) is 3.44. The van der Waals surface area contributed by atoms with Gasteiger partial charge in [-0.05, 0) is 57.7 Å². The van der Waals surface area contributed by atoms with Gasteiger partial charge in [0.05, 0.1) is 0 Å². The molecule has 2 aliphatic rings. The summed E-state index contributed by atoms with van der Waals surface area (Å²) in [5, 5.41) is 3.73. The third kappa shape index (κ3) is 3.36. The van der Waals surface area contributed by atoms with Crippen LogP contribution in [0.15, 0.2) is 18.2 Å². The first kappa shape index (κ1) is 15.8. The Morgan fingerprint density at radius 1 is 1.15 bits per heavy atom. The molecule has 20 heavy (non-hydrogen) atoms. The lowest BCUT2D eigenvalue weighted by Gasteiger charge is -2.36. The average Bonchev–Trinajstić information content (AvgIpc) is 2.72. The van der Waals surface area contributed by atoms with Crippen LogP contribution in [0.5, 0.6) is 0 Å². The number of halogens is 1. The van der Waals surface area contributed by atoms with Crippen LogP contribution >= 0.6 is 12.4 Å². The monoisotopic (exact) mass is 294 g/mol. The molecule has 2 heterocycles. The first-order chi connectivity index (χ1) is 9.11. The maximum absolute atomic E-state index is 3.73. The van der Waals surface area contributed by atoms with Gasteiger partial charge in [0.25, 0.3) is 0 Å². The van der Waals surface area contributed by atoms with Crippen molar-refractivity contribution >= 4 is 12.4 Å². The largest absolute Gasteiger partial charge is 0.311 e. The summed E-state index contributed by atoms with van der Waals surface area (Å²) in [6, 6.07) is 9.14. The van der Waals surface area contributed by atoms with Crippen LogP contribution in [0.3, 0.4) is 0 Å². The Labute approximate surface area is 129 Å².